The fourth-order valence-electron chi connectivity index (χ4n) is 3.62. The highest BCUT2D eigenvalue weighted by atomic mass is 16.5. The molecule has 2 rings (SSSR count). The molecule has 1 N–H and O–H groups in total. The Bertz CT molecular complexity index is 653. The topological polar surface area (TPSA) is 79.0 Å². The van der Waals surface area contributed by atoms with Crippen molar-refractivity contribution in [1.29, 1.82) is 0 Å². The summed E-state index contributed by atoms with van der Waals surface area (Å²) in [4.78, 5) is 41.3. The summed E-state index contributed by atoms with van der Waals surface area (Å²) in [6, 6.07) is 8.33. The molecule has 1 heterocycles. The number of likely N-dealkylation sites (tertiary alicyclic amines) is 1. The Morgan fingerprint density at radius 1 is 1.14 bits per heavy atom. The number of hydrogen-bond acceptors (Lipinski definition) is 4. The van der Waals surface area contributed by atoms with E-state index in [0.717, 1.165) is 0 Å². The van der Waals surface area contributed by atoms with E-state index in [0.29, 0.717) is 44.6 Å². The molecule has 1 unspecified atom stereocenters. The lowest BCUT2D eigenvalue weighted by Crippen LogP contribution is -2.55. The first-order valence-corrected chi connectivity index (χ1v) is 9.93. The number of nitrogens with one attached hydrogen (secondary N) is 1. The molecular formula is C21H31N3O4. The Labute approximate surface area is 167 Å². The Morgan fingerprint density at radius 2 is 1.75 bits per heavy atom. The van der Waals surface area contributed by atoms with Gasteiger partial charge in [-0.3, -0.25) is 14.4 Å². The first kappa shape index (κ1) is 21.9. The molecule has 0 spiro atoms. The Morgan fingerprint density at radius 3 is 2.29 bits per heavy atom. The van der Waals surface area contributed by atoms with Crippen LogP contribution in [0.2, 0.25) is 0 Å². The molecule has 3 amide bonds. The molecule has 0 bridgehead atoms. The van der Waals surface area contributed by atoms with Gasteiger partial charge in [0.2, 0.25) is 11.8 Å². The molecule has 7 heteroatoms. The smallest absolute Gasteiger partial charge is 0.251 e. The number of rotatable bonds is 8. The summed E-state index contributed by atoms with van der Waals surface area (Å²) in [5.74, 6) is -0.354. The van der Waals surface area contributed by atoms with E-state index in [1.807, 2.05) is 19.9 Å². The van der Waals surface area contributed by atoms with Crippen LogP contribution in [0.4, 0.5) is 0 Å². The molecule has 0 radical (unpaired) electrons. The van der Waals surface area contributed by atoms with E-state index in [1.54, 1.807) is 34.1 Å². The zero-order chi connectivity index (χ0) is 20.5. The van der Waals surface area contributed by atoms with Gasteiger partial charge in [-0.1, -0.05) is 18.2 Å². The highest BCUT2D eigenvalue weighted by molar-refractivity contribution is 5.97. The molecule has 0 aromatic heterocycles. The maximum absolute atomic E-state index is 13.1. The van der Waals surface area contributed by atoms with Crippen molar-refractivity contribution in [3.63, 3.8) is 0 Å². The van der Waals surface area contributed by atoms with Crippen LogP contribution in [0.5, 0.6) is 0 Å². The van der Waals surface area contributed by atoms with Crippen molar-refractivity contribution in [2.75, 3.05) is 39.9 Å². The van der Waals surface area contributed by atoms with Crippen molar-refractivity contribution in [3.8, 4) is 0 Å². The lowest BCUT2D eigenvalue weighted by Gasteiger charge is -2.37. The van der Waals surface area contributed by atoms with E-state index in [9.17, 15) is 14.4 Å². The quantitative estimate of drug-likeness (QED) is 0.731. The van der Waals surface area contributed by atoms with Crippen molar-refractivity contribution >= 4 is 17.7 Å². The summed E-state index contributed by atoms with van der Waals surface area (Å²) in [7, 11) is 1.50. The Hall–Kier alpha value is -2.41. The van der Waals surface area contributed by atoms with Gasteiger partial charge >= 0.3 is 0 Å². The highest BCUT2D eigenvalue weighted by Crippen LogP contribution is 2.23. The van der Waals surface area contributed by atoms with Crippen molar-refractivity contribution in [1.82, 2.24) is 15.1 Å². The second-order valence-corrected chi connectivity index (χ2v) is 6.98. The molecular weight excluding hydrogens is 358 g/mol. The van der Waals surface area contributed by atoms with E-state index < -0.39 is 6.04 Å². The first-order chi connectivity index (χ1) is 13.5. The molecule has 0 saturated carbocycles. The van der Waals surface area contributed by atoms with Crippen LogP contribution >= 0.6 is 0 Å². The number of amides is 3. The van der Waals surface area contributed by atoms with Gasteiger partial charge in [-0.25, -0.2) is 0 Å². The summed E-state index contributed by atoms with van der Waals surface area (Å²) in [5, 5.41) is 2.96. The van der Waals surface area contributed by atoms with E-state index in [1.165, 1.54) is 7.11 Å². The highest BCUT2D eigenvalue weighted by Gasteiger charge is 2.35. The van der Waals surface area contributed by atoms with Crippen molar-refractivity contribution in [2.45, 2.75) is 32.7 Å². The normalized spacial score (nSPS) is 15.8. The van der Waals surface area contributed by atoms with Gasteiger partial charge in [-0.15, -0.1) is 0 Å². The van der Waals surface area contributed by atoms with Crippen LogP contribution in [-0.2, 0) is 14.3 Å². The molecule has 154 valence electrons. The standard InChI is InChI=1S/C21H31N3O4/c1-4-23(5-2)21(27)19(22-20(26)17-9-7-6-8-10-17)16-11-13-24(14-12-16)18(25)15-28-3/h6-10,16,19H,4-5,11-15H2,1-3H3,(H,22,26). The largest absolute Gasteiger partial charge is 0.375 e. The number of ether oxygens (including phenoxy) is 1. The molecule has 1 aromatic carbocycles. The number of carbonyl (C=O) groups is 3. The van der Waals surface area contributed by atoms with Gasteiger partial charge in [0.15, 0.2) is 0 Å². The van der Waals surface area contributed by atoms with E-state index >= 15 is 0 Å². The second kappa shape index (κ2) is 10.8. The van der Waals surface area contributed by atoms with Crippen LogP contribution in [0.15, 0.2) is 30.3 Å². The number of methoxy groups -OCH3 is 1. The monoisotopic (exact) mass is 389 g/mol. The average Bonchev–Trinajstić information content (AvgIpc) is 2.73. The van der Waals surface area contributed by atoms with Gasteiger partial charge in [0, 0.05) is 38.9 Å². The van der Waals surface area contributed by atoms with Crippen LogP contribution < -0.4 is 5.32 Å². The minimum absolute atomic E-state index is 0.00708. The molecule has 1 aliphatic rings. The summed E-state index contributed by atoms with van der Waals surface area (Å²) < 4.78 is 4.92. The average molecular weight is 389 g/mol. The number of nitrogens with zero attached hydrogens (tertiary/aromatic N) is 2. The zero-order valence-corrected chi connectivity index (χ0v) is 17.0. The Balaban J connectivity index is 2.12. The van der Waals surface area contributed by atoms with Gasteiger partial charge in [-0.2, -0.15) is 0 Å². The van der Waals surface area contributed by atoms with E-state index in [-0.39, 0.29) is 30.2 Å². The number of hydrogen-bond donors (Lipinski definition) is 1. The van der Waals surface area contributed by atoms with Crippen LogP contribution in [0.25, 0.3) is 0 Å². The molecule has 1 aliphatic heterocycles. The number of piperidine rings is 1. The van der Waals surface area contributed by atoms with Crippen molar-refractivity contribution < 1.29 is 19.1 Å². The minimum Gasteiger partial charge on any atom is -0.375 e. The van der Waals surface area contributed by atoms with Crippen molar-refractivity contribution in [2.24, 2.45) is 5.92 Å². The van der Waals surface area contributed by atoms with Gasteiger partial charge in [0.05, 0.1) is 0 Å². The number of carbonyl (C=O) groups excluding carboxylic acids is 3. The lowest BCUT2D eigenvalue weighted by atomic mass is 9.88. The SMILES string of the molecule is CCN(CC)C(=O)C(NC(=O)c1ccccc1)C1CCN(C(=O)COC)CC1. The Kier molecular flexibility index (Phi) is 8.44. The third kappa shape index (κ3) is 5.55. The third-order valence-electron chi connectivity index (χ3n) is 5.30. The minimum atomic E-state index is -0.590. The summed E-state index contributed by atoms with van der Waals surface area (Å²) in [6.45, 7) is 6.26. The van der Waals surface area contributed by atoms with Crippen LogP contribution in [0.1, 0.15) is 37.0 Å². The van der Waals surface area contributed by atoms with Gasteiger partial charge in [0.25, 0.3) is 5.91 Å². The fraction of sp³-hybridized carbons (Fsp3) is 0.571. The second-order valence-electron chi connectivity index (χ2n) is 6.98. The first-order valence-electron chi connectivity index (χ1n) is 9.93. The van der Waals surface area contributed by atoms with E-state index in [4.69, 9.17) is 4.74 Å². The van der Waals surface area contributed by atoms with Crippen LogP contribution in [0.3, 0.4) is 0 Å². The molecule has 1 atom stereocenters. The zero-order valence-electron chi connectivity index (χ0n) is 17.0. The summed E-state index contributed by atoms with van der Waals surface area (Å²) in [5.41, 5.74) is 0.535. The maximum atomic E-state index is 13.1. The van der Waals surface area contributed by atoms with Crippen LogP contribution in [-0.4, -0.2) is 73.5 Å². The third-order valence-corrected chi connectivity index (χ3v) is 5.30. The number of likely N-dealkylation sites (N-methyl/N-ethyl adjacent to an activating group) is 1. The molecule has 1 saturated heterocycles. The molecule has 1 aromatic rings. The van der Waals surface area contributed by atoms with Gasteiger partial charge < -0.3 is 19.9 Å². The fourth-order valence-corrected chi connectivity index (χ4v) is 3.62. The number of benzene rings is 1. The summed E-state index contributed by atoms with van der Waals surface area (Å²) in [6.07, 6.45) is 1.34. The van der Waals surface area contributed by atoms with Crippen molar-refractivity contribution in [3.05, 3.63) is 35.9 Å². The molecule has 7 nitrogen and oxygen atoms in total. The predicted molar refractivity (Wildman–Crippen MR) is 107 cm³/mol. The summed E-state index contributed by atoms with van der Waals surface area (Å²) >= 11 is 0. The predicted octanol–water partition coefficient (Wildman–Crippen LogP) is 1.54. The van der Waals surface area contributed by atoms with Crippen LogP contribution in [0, 0.1) is 5.92 Å². The van der Waals surface area contributed by atoms with E-state index in [2.05, 4.69) is 5.32 Å². The lowest BCUT2D eigenvalue weighted by molar-refractivity contribution is -0.138. The molecule has 28 heavy (non-hydrogen) atoms. The molecule has 0 aliphatic carbocycles. The van der Waals surface area contributed by atoms with Gasteiger partial charge in [-0.05, 0) is 44.7 Å². The maximum Gasteiger partial charge on any atom is 0.251 e. The molecule has 1 fully saturated rings. The van der Waals surface area contributed by atoms with Gasteiger partial charge in [0.1, 0.15) is 12.6 Å².